The maximum Gasteiger partial charge on any atom is 0.261 e. The molecule has 6 nitrogen and oxygen atoms in total. The Kier molecular flexibility index (Phi) is 7.22. The van der Waals surface area contributed by atoms with E-state index in [0.717, 1.165) is 24.5 Å². The van der Waals surface area contributed by atoms with Gasteiger partial charge in [0, 0.05) is 31.9 Å². The van der Waals surface area contributed by atoms with Gasteiger partial charge in [-0.15, -0.1) is 0 Å². The second kappa shape index (κ2) is 9.65. The highest BCUT2D eigenvalue weighted by Gasteiger charge is 2.23. The Labute approximate surface area is 181 Å². The van der Waals surface area contributed by atoms with Crippen molar-refractivity contribution < 1.29 is 14.3 Å². The van der Waals surface area contributed by atoms with Crippen molar-refractivity contribution in [3.8, 4) is 5.75 Å². The van der Waals surface area contributed by atoms with Gasteiger partial charge in [-0.3, -0.25) is 4.79 Å². The summed E-state index contributed by atoms with van der Waals surface area (Å²) in [6.07, 6.45) is 1.47. The van der Waals surface area contributed by atoms with Crippen molar-refractivity contribution in [1.82, 2.24) is 10.3 Å². The van der Waals surface area contributed by atoms with E-state index in [1.807, 2.05) is 12.1 Å². The number of amides is 1. The first-order valence-corrected chi connectivity index (χ1v) is 10.3. The highest BCUT2D eigenvalue weighted by Crippen LogP contribution is 2.27. The van der Waals surface area contributed by atoms with E-state index in [4.69, 9.17) is 32.7 Å². The average Bonchev–Trinajstić information content (AvgIpc) is 2.68. The Morgan fingerprint density at radius 3 is 2.59 bits per heavy atom. The molecule has 1 aliphatic rings. The van der Waals surface area contributed by atoms with Crippen molar-refractivity contribution >= 4 is 34.9 Å². The molecule has 2 heterocycles. The molecule has 1 fully saturated rings. The molecule has 1 N–H and O–H groups in total. The Morgan fingerprint density at radius 2 is 1.97 bits per heavy atom. The first kappa shape index (κ1) is 21.7. The van der Waals surface area contributed by atoms with Gasteiger partial charge in [-0.2, -0.15) is 0 Å². The molecular formula is C21H25Cl2N3O3. The standard InChI is InChI=1S/C21H25Cl2N3O3/c1-13-11-26(12-14(2)28-13)20-7-4-16(9-24-20)10-25-21(27)15(3)29-17-5-6-18(22)19(23)8-17/h4-9,13-15H,10-12H2,1-3H3,(H,25,27). The topological polar surface area (TPSA) is 63.7 Å². The summed E-state index contributed by atoms with van der Waals surface area (Å²) in [5.41, 5.74) is 0.915. The molecule has 29 heavy (non-hydrogen) atoms. The molecule has 3 rings (SSSR count). The monoisotopic (exact) mass is 437 g/mol. The van der Waals surface area contributed by atoms with E-state index in [0.29, 0.717) is 22.3 Å². The lowest BCUT2D eigenvalue weighted by Gasteiger charge is -2.36. The molecule has 1 aliphatic heterocycles. The summed E-state index contributed by atoms with van der Waals surface area (Å²) in [6.45, 7) is 7.81. The summed E-state index contributed by atoms with van der Waals surface area (Å²) >= 11 is 11.9. The summed E-state index contributed by atoms with van der Waals surface area (Å²) in [7, 11) is 0. The minimum Gasteiger partial charge on any atom is -0.481 e. The second-order valence-corrected chi connectivity index (χ2v) is 8.06. The number of hydrogen-bond acceptors (Lipinski definition) is 5. The fourth-order valence-electron chi connectivity index (χ4n) is 3.21. The van der Waals surface area contributed by atoms with Gasteiger partial charge in [0.15, 0.2) is 6.10 Å². The number of carbonyl (C=O) groups is 1. The maximum atomic E-state index is 12.3. The van der Waals surface area contributed by atoms with E-state index in [2.05, 4.69) is 29.0 Å². The number of benzene rings is 1. The largest absolute Gasteiger partial charge is 0.481 e. The van der Waals surface area contributed by atoms with E-state index in [-0.39, 0.29) is 18.1 Å². The third-order valence-electron chi connectivity index (χ3n) is 4.59. The number of aromatic nitrogens is 1. The third kappa shape index (κ3) is 5.98. The molecular weight excluding hydrogens is 413 g/mol. The number of nitrogens with zero attached hydrogens (tertiary/aromatic N) is 2. The number of nitrogens with one attached hydrogen (secondary N) is 1. The Morgan fingerprint density at radius 1 is 1.24 bits per heavy atom. The Balaban J connectivity index is 1.51. The van der Waals surface area contributed by atoms with Crippen LogP contribution in [0.15, 0.2) is 36.5 Å². The van der Waals surface area contributed by atoms with Crippen LogP contribution in [0.4, 0.5) is 5.82 Å². The molecule has 0 bridgehead atoms. The summed E-state index contributed by atoms with van der Waals surface area (Å²) in [5, 5.41) is 3.68. The van der Waals surface area contributed by atoms with Crippen LogP contribution in [-0.2, 0) is 16.1 Å². The van der Waals surface area contributed by atoms with Crippen molar-refractivity contribution in [1.29, 1.82) is 0 Å². The van der Waals surface area contributed by atoms with Gasteiger partial charge in [-0.25, -0.2) is 4.98 Å². The van der Waals surface area contributed by atoms with Gasteiger partial charge in [-0.1, -0.05) is 29.3 Å². The van der Waals surface area contributed by atoms with Gasteiger partial charge in [0.25, 0.3) is 5.91 Å². The molecule has 156 valence electrons. The van der Waals surface area contributed by atoms with E-state index >= 15 is 0 Å². The predicted octanol–water partition coefficient (Wildman–Crippen LogP) is 4.09. The van der Waals surface area contributed by atoms with Gasteiger partial charge in [0.05, 0.1) is 22.3 Å². The molecule has 0 aliphatic carbocycles. The van der Waals surface area contributed by atoms with Crippen LogP contribution >= 0.6 is 23.2 Å². The molecule has 3 atom stereocenters. The van der Waals surface area contributed by atoms with Crippen LogP contribution < -0.4 is 15.0 Å². The first-order chi connectivity index (χ1) is 13.8. The highest BCUT2D eigenvalue weighted by molar-refractivity contribution is 6.42. The van der Waals surface area contributed by atoms with E-state index in [9.17, 15) is 4.79 Å². The zero-order valence-corrected chi connectivity index (χ0v) is 18.2. The number of halogens is 2. The molecule has 3 unspecified atom stereocenters. The lowest BCUT2D eigenvalue weighted by Crippen LogP contribution is -2.45. The molecule has 1 aromatic carbocycles. The SMILES string of the molecule is CC1CN(c2ccc(CNC(=O)C(C)Oc3ccc(Cl)c(Cl)c3)cn2)CC(C)O1. The zero-order valence-electron chi connectivity index (χ0n) is 16.7. The van der Waals surface area contributed by atoms with Crippen molar-refractivity contribution in [2.24, 2.45) is 0 Å². The van der Waals surface area contributed by atoms with Crippen LogP contribution in [0.5, 0.6) is 5.75 Å². The molecule has 1 saturated heterocycles. The van der Waals surface area contributed by atoms with Gasteiger partial charge in [0.2, 0.25) is 0 Å². The number of rotatable bonds is 6. The summed E-state index contributed by atoms with van der Waals surface area (Å²) in [4.78, 5) is 19.1. The fraction of sp³-hybridized carbons (Fsp3) is 0.429. The Bertz CT molecular complexity index is 838. The van der Waals surface area contributed by atoms with Crippen molar-refractivity contribution in [2.45, 2.75) is 45.6 Å². The number of morpholine rings is 1. The number of ether oxygens (including phenoxy) is 2. The summed E-state index contributed by atoms with van der Waals surface area (Å²) < 4.78 is 11.4. The number of anilines is 1. The minimum atomic E-state index is -0.671. The predicted molar refractivity (Wildman–Crippen MR) is 115 cm³/mol. The molecule has 0 spiro atoms. The smallest absolute Gasteiger partial charge is 0.261 e. The number of pyridine rings is 1. The zero-order chi connectivity index (χ0) is 21.0. The van der Waals surface area contributed by atoms with Gasteiger partial charge < -0.3 is 19.7 Å². The van der Waals surface area contributed by atoms with Gasteiger partial charge in [0.1, 0.15) is 11.6 Å². The van der Waals surface area contributed by atoms with E-state index < -0.39 is 6.10 Å². The quantitative estimate of drug-likeness (QED) is 0.736. The van der Waals surface area contributed by atoms with Crippen LogP contribution in [0, 0.1) is 0 Å². The summed E-state index contributed by atoms with van der Waals surface area (Å²) in [5.74, 6) is 1.18. The third-order valence-corrected chi connectivity index (χ3v) is 5.33. The van der Waals surface area contributed by atoms with Crippen LogP contribution in [0.1, 0.15) is 26.3 Å². The fourth-order valence-corrected chi connectivity index (χ4v) is 3.50. The van der Waals surface area contributed by atoms with Crippen molar-refractivity contribution in [2.75, 3.05) is 18.0 Å². The van der Waals surface area contributed by atoms with Gasteiger partial charge >= 0.3 is 0 Å². The molecule has 1 amide bonds. The van der Waals surface area contributed by atoms with Crippen LogP contribution in [0.3, 0.4) is 0 Å². The minimum absolute atomic E-state index is 0.177. The number of carbonyl (C=O) groups excluding carboxylic acids is 1. The summed E-state index contributed by atoms with van der Waals surface area (Å²) in [6, 6.07) is 8.84. The first-order valence-electron chi connectivity index (χ1n) is 9.56. The van der Waals surface area contributed by atoms with E-state index in [1.54, 1.807) is 31.3 Å². The normalized spacial score (nSPS) is 20.2. The maximum absolute atomic E-state index is 12.3. The molecule has 8 heteroatoms. The molecule has 0 saturated carbocycles. The van der Waals surface area contributed by atoms with Gasteiger partial charge in [-0.05, 0) is 44.5 Å². The lowest BCUT2D eigenvalue weighted by atomic mass is 10.2. The van der Waals surface area contributed by atoms with Crippen LogP contribution in [0.25, 0.3) is 0 Å². The van der Waals surface area contributed by atoms with Crippen molar-refractivity contribution in [3.05, 3.63) is 52.1 Å². The second-order valence-electron chi connectivity index (χ2n) is 7.24. The lowest BCUT2D eigenvalue weighted by molar-refractivity contribution is -0.127. The molecule has 0 radical (unpaired) electrons. The number of hydrogen-bond donors (Lipinski definition) is 1. The van der Waals surface area contributed by atoms with Crippen molar-refractivity contribution in [3.63, 3.8) is 0 Å². The van der Waals surface area contributed by atoms with E-state index in [1.165, 1.54) is 0 Å². The molecule has 1 aromatic heterocycles. The van der Waals surface area contributed by atoms with Crippen LogP contribution in [0.2, 0.25) is 10.0 Å². The Hall–Kier alpha value is -2.02. The average molecular weight is 438 g/mol. The molecule has 2 aromatic rings. The highest BCUT2D eigenvalue weighted by atomic mass is 35.5. The van der Waals surface area contributed by atoms with Crippen LogP contribution in [-0.4, -0.2) is 42.3 Å².